The number of cyclic esters (lactones) is 2. The molecule has 2 aliphatic rings. The van der Waals surface area contributed by atoms with Gasteiger partial charge in [0.05, 0.1) is 10.0 Å². The molecule has 0 radical (unpaired) electrons. The molecule has 6 heteroatoms. The number of carbonyl (C=O) groups excluding carboxylic acids is 3. The van der Waals surface area contributed by atoms with Crippen molar-refractivity contribution in [3.63, 3.8) is 0 Å². The maximum Gasteiger partial charge on any atom is 0.342 e. The molecule has 1 unspecified atom stereocenters. The summed E-state index contributed by atoms with van der Waals surface area (Å²) in [4.78, 5) is 33.7. The lowest BCUT2D eigenvalue weighted by molar-refractivity contribution is -0.151. The van der Waals surface area contributed by atoms with Gasteiger partial charge in [-0.2, -0.15) is 0 Å². The quantitative estimate of drug-likeness (QED) is 0.345. The van der Waals surface area contributed by atoms with Crippen LogP contribution in [0.1, 0.15) is 19.3 Å². The first-order valence-electron chi connectivity index (χ1n) is 4.95. The van der Waals surface area contributed by atoms with Gasteiger partial charge in [-0.05, 0) is 12.8 Å². The summed E-state index contributed by atoms with van der Waals surface area (Å²) in [5, 5.41) is 2.82. The lowest BCUT2D eigenvalue weighted by Crippen LogP contribution is -2.37. The van der Waals surface area contributed by atoms with Gasteiger partial charge in [0.2, 0.25) is 5.91 Å². The Bertz CT molecular complexity index is 402. The fraction of sp³-hybridized carbons (Fsp3) is 0.500. The summed E-state index contributed by atoms with van der Waals surface area (Å²) in [6.07, 6.45) is 1.60. The van der Waals surface area contributed by atoms with Crippen molar-refractivity contribution in [3.05, 3.63) is 11.1 Å². The van der Waals surface area contributed by atoms with Crippen LogP contribution in [0.5, 0.6) is 0 Å². The average molecular weight is 335 g/mol. The lowest BCUT2D eigenvalue weighted by atomic mass is 9.89. The zero-order chi connectivity index (χ0) is 11.7. The Morgan fingerprint density at radius 3 is 2.75 bits per heavy atom. The van der Waals surface area contributed by atoms with Crippen molar-refractivity contribution < 1.29 is 19.1 Å². The molecule has 0 fully saturated rings. The van der Waals surface area contributed by atoms with Gasteiger partial charge in [-0.1, -0.05) is 22.6 Å². The molecule has 1 amide bonds. The van der Waals surface area contributed by atoms with E-state index in [1.165, 1.54) is 0 Å². The zero-order valence-electron chi connectivity index (χ0n) is 8.42. The maximum atomic E-state index is 11.3. The number of carbonyl (C=O) groups is 3. The van der Waals surface area contributed by atoms with Crippen LogP contribution in [0.25, 0.3) is 0 Å². The number of amides is 1. The number of hydrogen-bond donors (Lipinski definition) is 1. The molecule has 1 heterocycles. The van der Waals surface area contributed by atoms with Crippen molar-refractivity contribution in [1.29, 1.82) is 0 Å². The van der Waals surface area contributed by atoms with Crippen molar-refractivity contribution in [1.82, 2.24) is 5.32 Å². The normalized spacial score (nSPS) is 24.2. The molecule has 0 aromatic rings. The van der Waals surface area contributed by atoms with Crippen LogP contribution in [0.15, 0.2) is 11.1 Å². The smallest absolute Gasteiger partial charge is 0.342 e. The van der Waals surface area contributed by atoms with Gasteiger partial charge in [-0.25, -0.2) is 9.59 Å². The second-order valence-corrected chi connectivity index (χ2v) is 4.54. The minimum atomic E-state index is -0.548. The largest absolute Gasteiger partial charge is 0.386 e. The highest BCUT2D eigenvalue weighted by atomic mass is 127. The standard InChI is InChI=1S/C10H10INO4/c11-4-8(13)12-5-1-2-6-7(3-5)10(15)16-9(6)14/h5H,1-4H2,(H,12,13). The molecular formula is C10H10INO4. The predicted molar refractivity (Wildman–Crippen MR) is 62.8 cm³/mol. The van der Waals surface area contributed by atoms with E-state index in [0.717, 1.165) is 0 Å². The Morgan fingerprint density at radius 2 is 2.06 bits per heavy atom. The summed E-state index contributed by atoms with van der Waals surface area (Å²) >= 11 is 1.98. The van der Waals surface area contributed by atoms with Gasteiger partial charge in [0.15, 0.2) is 0 Å². The molecule has 0 aromatic heterocycles. The Hall–Kier alpha value is -0.920. The highest BCUT2D eigenvalue weighted by Crippen LogP contribution is 2.31. The minimum absolute atomic E-state index is 0.0488. The van der Waals surface area contributed by atoms with E-state index in [9.17, 15) is 14.4 Å². The van der Waals surface area contributed by atoms with Crippen LogP contribution < -0.4 is 5.32 Å². The summed E-state index contributed by atoms with van der Waals surface area (Å²) in [5.41, 5.74) is 0.931. The van der Waals surface area contributed by atoms with Crippen molar-refractivity contribution in [2.75, 3.05) is 4.43 Å². The van der Waals surface area contributed by atoms with E-state index in [2.05, 4.69) is 10.1 Å². The zero-order valence-corrected chi connectivity index (χ0v) is 10.6. The molecule has 0 saturated carbocycles. The first-order valence-corrected chi connectivity index (χ1v) is 6.48. The van der Waals surface area contributed by atoms with Gasteiger partial charge < -0.3 is 10.1 Å². The first-order chi connectivity index (χ1) is 7.61. The molecule has 1 aliphatic carbocycles. The number of nitrogens with one attached hydrogen (secondary N) is 1. The van der Waals surface area contributed by atoms with Crippen LogP contribution in [0.4, 0.5) is 0 Å². The Kier molecular flexibility index (Phi) is 3.27. The summed E-state index contributed by atoms with van der Waals surface area (Å²) in [5.74, 6) is -1.11. The van der Waals surface area contributed by atoms with Gasteiger partial charge in [0.1, 0.15) is 0 Å². The monoisotopic (exact) mass is 335 g/mol. The van der Waals surface area contributed by atoms with Gasteiger partial charge in [0, 0.05) is 18.0 Å². The molecule has 5 nitrogen and oxygen atoms in total. The van der Waals surface area contributed by atoms with Crippen molar-refractivity contribution in [2.24, 2.45) is 0 Å². The van der Waals surface area contributed by atoms with E-state index in [1.54, 1.807) is 0 Å². The number of alkyl halides is 1. The van der Waals surface area contributed by atoms with E-state index in [1.807, 2.05) is 22.6 Å². The second kappa shape index (κ2) is 4.52. The van der Waals surface area contributed by atoms with E-state index < -0.39 is 11.9 Å². The summed E-state index contributed by atoms with van der Waals surface area (Å²) in [7, 11) is 0. The van der Waals surface area contributed by atoms with E-state index in [0.29, 0.717) is 34.8 Å². The SMILES string of the molecule is O=C(CI)NC1CCC2=C(C1)C(=O)OC2=O. The van der Waals surface area contributed by atoms with Crippen molar-refractivity contribution in [3.8, 4) is 0 Å². The third kappa shape index (κ3) is 2.11. The maximum absolute atomic E-state index is 11.3. The van der Waals surface area contributed by atoms with E-state index in [4.69, 9.17) is 0 Å². The fourth-order valence-corrected chi connectivity index (χ4v) is 2.19. The molecule has 86 valence electrons. The molecule has 0 spiro atoms. The van der Waals surface area contributed by atoms with Gasteiger partial charge >= 0.3 is 11.9 Å². The minimum Gasteiger partial charge on any atom is -0.386 e. The molecule has 0 bridgehead atoms. The molecule has 16 heavy (non-hydrogen) atoms. The van der Waals surface area contributed by atoms with Crippen LogP contribution in [0.2, 0.25) is 0 Å². The van der Waals surface area contributed by atoms with E-state index in [-0.39, 0.29) is 11.9 Å². The van der Waals surface area contributed by atoms with Crippen LogP contribution in [-0.4, -0.2) is 28.3 Å². The molecule has 1 aliphatic heterocycles. The average Bonchev–Trinajstić information content (AvgIpc) is 2.54. The third-order valence-electron chi connectivity index (χ3n) is 2.72. The molecular weight excluding hydrogens is 325 g/mol. The highest BCUT2D eigenvalue weighted by Gasteiger charge is 2.37. The van der Waals surface area contributed by atoms with Gasteiger partial charge in [-0.15, -0.1) is 0 Å². The molecule has 0 aromatic carbocycles. The van der Waals surface area contributed by atoms with Gasteiger partial charge in [-0.3, -0.25) is 4.79 Å². The predicted octanol–water partition coefficient (Wildman–Crippen LogP) is 0.470. The fourth-order valence-electron chi connectivity index (χ4n) is 1.97. The number of rotatable bonds is 2. The van der Waals surface area contributed by atoms with Crippen LogP contribution in [-0.2, 0) is 19.1 Å². The van der Waals surface area contributed by atoms with E-state index >= 15 is 0 Å². The Balaban J connectivity index is 2.07. The Labute approximate surface area is 106 Å². The Morgan fingerprint density at radius 1 is 1.38 bits per heavy atom. The van der Waals surface area contributed by atoms with Crippen LogP contribution in [0.3, 0.4) is 0 Å². The molecule has 0 saturated heterocycles. The van der Waals surface area contributed by atoms with Crippen molar-refractivity contribution >= 4 is 40.4 Å². The van der Waals surface area contributed by atoms with Gasteiger partial charge in [0.25, 0.3) is 0 Å². The van der Waals surface area contributed by atoms with Crippen molar-refractivity contribution in [2.45, 2.75) is 25.3 Å². The number of esters is 2. The number of ether oxygens (including phenoxy) is 1. The summed E-state index contributed by atoms with van der Waals surface area (Å²) in [6.45, 7) is 0. The summed E-state index contributed by atoms with van der Waals surface area (Å²) < 4.78 is 4.91. The number of hydrogen-bond acceptors (Lipinski definition) is 4. The first kappa shape index (κ1) is 11.6. The third-order valence-corrected chi connectivity index (χ3v) is 3.42. The number of halogens is 1. The second-order valence-electron chi connectivity index (χ2n) is 3.77. The molecule has 1 N–H and O–H groups in total. The summed E-state index contributed by atoms with van der Waals surface area (Å²) in [6, 6.07) is -0.0561. The highest BCUT2D eigenvalue weighted by molar-refractivity contribution is 14.1. The topological polar surface area (TPSA) is 72.5 Å². The van der Waals surface area contributed by atoms with Crippen LogP contribution >= 0.6 is 22.6 Å². The molecule has 1 atom stereocenters. The lowest BCUT2D eigenvalue weighted by Gasteiger charge is -2.21. The van der Waals surface area contributed by atoms with Crippen LogP contribution in [0, 0.1) is 0 Å². The molecule has 2 rings (SSSR count).